The third-order valence-electron chi connectivity index (χ3n) is 8.35. The number of benzene rings is 1. The van der Waals surface area contributed by atoms with Gasteiger partial charge < -0.3 is 29.9 Å². The van der Waals surface area contributed by atoms with Crippen LogP contribution in [-0.2, 0) is 14.3 Å². The van der Waals surface area contributed by atoms with Crippen molar-refractivity contribution in [2.75, 3.05) is 26.3 Å². The fourth-order valence-electron chi connectivity index (χ4n) is 6.46. The first-order valence-corrected chi connectivity index (χ1v) is 15.4. The molecule has 1 aromatic rings. The van der Waals surface area contributed by atoms with E-state index in [2.05, 4.69) is 27.9 Å². The van der Waals surface area contributed by atoms with Gasteiger partial charge in [0.15, 0.2) is 0 Å². The molecular weight excluding hydrogens is 611 g/mol. The maximum absolute atomic E-state index is 13.9. The van der Waals surface area contributed by atoms with Crippen LogP contribution in [0.2, 0.25) is 0 Å². The number of halogens is 1. The molecular formula is C30H43IN2O6. The highest BCUT2D eigenvalue weighted by Crippen LogP contribution is 2.49. The first-order valence-electron chi connectivity index (χ1n) is 14.4. The first kappa shape index (κ1) is 30.3. The van der Waals surface area contributed by atoms with Crippen LogP contribution in [0, 0.1) is 21.3 Å². The van der Waals surface area contributed by atoms with Gasteiger partial charge in [0.05, 0.1) is 22.3 Å². The van der Waals surface area contributed by atoms with E-state index in [0.717, 1.165) is 15.9 Å². The van der Waals surface area contributed by atoms with Gasteiger partial charge in [-0.15, -0.1) is 0 Å². The Labute approximate surface area is 245 Å². The Kier molecular flexibility index (Phi) is 11.1. The van der Waals surface area contributed by atoms with E-state index in [0.29, 0.717) is 49.2 Å². The number of carbonyl (C=O) groups is 2. The highest BCUT2D eigenvalue weighted by molar-refractivity contribution is 14.1. The summed E-state index contributed by atoms with van der Waals surface area (Å²) in [7, 11) is 0. The van der Waals surface area contributed by atoms with E-state index in [4.69, 9.17) is 9.47 Å². The molecule has 1 aromatic carbocycles. The lowest BCUT2D eigenvalue weighted by atomic mass is 9.84. The number of nitrogens with one attached hydrogen (secondary N) is 1. The van der Waals surface area contributed by atoms with E-state index >= 15 is 0 Å². The molecule has 0 aliphatic heterocycles. The molecule has 4 rings (SSSR count). The average Bonchev–Trinajstić information content (AvgIpc) is 3.53. The van der Waals surface area contributed by atoms with Crippen molar-refractivity contribution in [3.05, 3.63) is 39.5 Å². The molecule has 0 saturated heterocycles. The van der Waals surface area contributed by atoms with Crippen LogP contribution in [0.4, 0.5) is 0 Å². The molecule has 3 aliphatic rings. The molecule has 3 N–H and O–H groups in total. The number of hydrogen-bond donors (Lipinski definition) is 3. The molecule has 2 fully saturated rings. The summed E-state index contributed by atoms with van der Waals surface area (Å²) in [6.07, 6.45) is 6.12. The zero-order valence-corrected chi connectivity index (χ0v) is 25.2. The SMILES string of the molecule is CC(C)OCCCN(C(=O)CC1CC2CCC1C2)C1CC(C(=O)NCCO)=CC(Oc2ccccc2I)C1O. The standard InChI is InChI=1S/C30H43IN2O6/c1-19(2)38-13-5-11-33(28(35)18-22-15-20-8-9-21(22)14-20)25-16-23(30(37)32-10-12-34)17-27(29(25)36)39-26-7-4-3-6-24(26)31/h3-4,6-7,17,19-22,25,27,29,34,36H,5,8-16,18H2,1-2H3,(H,32,37). The first-order chi connectivity index (χ1) is 18.8. The quantitative estimate of drug-likeness (QED) is 0.222. The highest BCUT2D eigenvalue weighted by Gasteiger charge is 2.44. The van der Waals surface area contributed by atoms with E-state index in [1.807, 2.05) is 38.1 Å². The van der Waals surface area contributed by atoms with Gasteiger partial charge in [0.25, 0.3) is 0 Å². The van der Waals surface area contributed by atoms with Crippen LogP contribution in [0.15, 0.2) is 35.9 Å². The molecule has 2 bridgehead atoms. The van der Waals surface area contributed by atoms with Gasteiger partial charge in [-0.2, -0.15) is 0 Å². The number of para-hydroxylation sites is 1. The maximum Gasteiger partial charge on any atom is 0.247 e. The summed E-state index contributed by atoms with van der Waals surface area (Å²) in [4.78, 5) is 28.7. The third-order valence-corrected chi connectivity index (χ3v) is 9.24. The number of carbonyl (C=O) groups excluding carboxylic acids is 2. The number of fused-ring (bicyclic) bond motifs is 2. The molecule has 0 radical (unpaired) electrons. The van der Waals surface area contributed by atoms with Crippen LogP contribution < -0.4 is 10.1 Å². The molecule has 8 nitrogen and oxygen atoms in total. The monoisotopic (exact) mass is 654 g/mol. The van der Waals surface area contributed by atoms with Gasteiger partial charge in [-0.3, -0.25) is 9.59 Å². The lowest BCUT2D eigenvalue weighted by molar-refractivity contribution is -0.140. The number of nitrogens with zero attached hydrogens (tertiary/aromatic N) is 1. The van der Waals surface area contributed by atoms with E-state index in [1.54, 1.807) is 11.0 Å². The molecule has 0 aromatic heterocycles. The van der Waals surface area contributed by atoms with Gasteiger partial charge in [-0.25, -0.2) is 0 Å². The van der Waals surface area contributed by atoms with Crippen LogP contribution in [0.1, 0.15) is 58.8 Å². The lowest BCUT2D eigenvalue weighted by Gasteiger charge is -2.41. The predicted molar refractivity (Wildman–Crippen MR) is 157 cm³/mol. The van der Waals surface area contributed by atoms with Gasteiger partial charge in [-0.05, 0) is 98.1 Å². The van der Waals surface area contributed by atoms with E-state index in [1.165, 1.54) is 19.3 Å². The van der Waals surface area contributed by atoms with Crippen molar-refractivity contribution in [3.8, 4) is 5.75 Å². The lowest BCUT2D eigenvalue weighted by Crippen LogP contribution is -2.55. The molecule has 2 amide bonds. The summed E-state index contributed by atoms with van der Waals surface area (Å²) < 4.78 is 12.9. The Hall–Kier alpha value is -1.69. The van der Waals surface area contributed by atoms with Crippen molar-refractivity contribution in [3.63, 3.8) is 0 Å². The van der Waals surface area contributed by atoms with Crippen LogP contribution in [-0.4, -0.2) is 77.6 Å². The molecule has 0 heterocycles. The van der Waals surface area contributed by atoms with Crippen molar-refractivity contribution in [2.45, 2.75) is 83.1 Å². The van der Waals surface area contributed by atoms with Crippen molar-refractivity contribution in [1.82, 2.24) is 10.2 Å². The third kappa shape index (κ3) is 7.95. The van der Waals surface area contributed by atoms with E-state index in [-0.39, 0.29) is 37.5 Å². The fourth-order valence-corrected chi connectivity index (χ4v) is 6.98. The van der Waals surface area contributed by atoms with E-state index in [9.17, 15) is 19.8 Å². The van der Waals surface area contributed by atoms with Crippen molar-refractivity contribution in [2.24, 2.45) is 17.8 Å². The minimum atomic E-state index is -1.01. The number of hydrogen-bond acceptors (Lipinski definition) is 6. The Morgan fingerprint density at radius 3 is 2.67 bits per heavy atom. The summed E-state index contributed by atoms with van der Waals surface area (Å²) in [6.45, 7) is 4.88. The van der Waals surface area contributed by atoms with Gasteiger partial charge in [0.2, 0.25) is 11.8 Å². The zero-order valence-electron chi connectivity index (χ0n) is 23.1. The largest absolute Gasteiger partial charge is 0.482 e. The summed E-state index contributed by atoms with van der Waals surface area (Å²) in [5.41, 5.74) is 0.450. The fraction of sp³-hybridized carbons (Fsp3) is 0.667. The number of amides is 2. The Bertz CT molecular complexity index is 1020. The molecule has 6 atom stereocenters. The summed E-state index contributed by atoms with van der Waals surface area (Å²) in [5, 5.41) is 23.6. The minimum absolute atomic E-state index is 0.0335. The molecule has 0 spiro atoms. The van der Waals surface area contributed by atoms with Crippen molar-refractivity contribution < 1.29 is 29.3 Å². The summed E-state index contributed by atoms with van der Waals surface area (Å²) >= 11 is 2.18. The molecule has 39 heavy (non-hydrogen) atoms. The highest BCUT2D eigenvalue weighted by atomic mass is 127. The van der Waals surface area contributed by atoms with Gasteiger partial charge in [-0.1, -0.05) is 18.6 Å². The summed E-state index contributed by atoms with van der Waals surface area (Å²) in [5.74, 6) is 2.09. The zero-order chi connectivity index (χ0) is 27.9. The number of ether oxygens (including phenoxy) is 2. The molecule has 6 unspecified atom stereocenters. The van der Waals surface area contributed by atoms with Gasteiger partial charge >= 0.3 is 0 Å². The second kappa shape index (κ2) is 14.3. The number of rotatable bonds is 13. The smallest absolute Gasteiger partial charge is 0.247 e. The van der Waals surface area contributed by atoms with Gasteiger partial charge in [0.1, 0.15) is 18.0 Å². The Morgan fingerprint density at radius 2 is 2.00 bits per heavy atom. The predicted octanol–water partition coefficient (Wildman–Crippen LogP) is 3.68. The number of aliphatic hydroxyl groups excluding tert-OH is 2. The molecule has 216 valence electrons. The molecule has 2 saturated carbocycles. The van der Waals surface area contributed by atoms with E-state index < -0.39 is 18.2 Å². The van der Waals surface area contributed by atoms with Crippen LogP contribution in [0.5, 0.6) is 5.75 Å². The maximum atomic E-state index is 13.9. The molecule has 3 aliphatic carbocycles. The summed E-state index contributed by atoms with van der Waals surface area (Å²) in [6, 6.07) is 6.91. The second-order valence-electron chi connectivity index (χ2n) is 11.4. The normalized spacial score (nSPS) is 27.9. The number of aliphatic hydroxyl groups is 2. The Balaban J connectivity index is 1.57. The average molecular weight is 655 g/mol. The minimum Gasteiger partial charge on any atom is -0.482 e. The molecule has 9 heteroatoms. The topological polar surface area (TPSA) is 108 Å². The van der Waals surface area contributed by atoms with Gasteiger partial charge in [0, 0.05) is 38.1 Å². The van der Waals surface area contributed by atoms with Crippen LogP contribution in [0.3, 0.4) is 0 Å². The van der Waals surface area contributed by atoms with Crippen LogP contribution >= 0.6 is 22.6 Å². The van der Waals surface area contributed by atoms with Crippen molar-refractivity contribution >= 4 is 34.4 Å². The Morgan fingerprint density at radius 1 is 1.21 bits per heavy atom. The second-order valence-corrected chi connectivity index (χ2v) is 12.6. The van der Waals surface area contributed by atoms with Crippen LogP contribution in [0.25, 0.3) is 0 Å². The van der Waals surface area contributed by atoms with Crippen molar-refractivity contribution in [1.29, 1.82) is 0 Å².